The average molecular weight is 404 g/mol. The van der Waals surface area contributed by atoms with Crippen LogP contribution in [0.3, 0.4) is 0 Å². The second-order valence-corrected chi connectivity index (χ2v) is 7.78. The summed E-state index contributed by atoms with van der Waals surface area (Å²) in [5, 5.41) is 2.61. The zero-order valence-electron chi connectivity index (χ0n) is 16.4. The maximum Gasteiger partial charge on any atom is 0.414 e. The van der Waals surface area contributed by atoms with E-state index in [1.54, 1.807) is 12.1 Å². The minimum absolute atomic E-state index is 0.200. The largest absolute Gasteiger partial charge is 0.442 e. The van der Waals surface area contributed by atoms with Crippen LogP contribution in [0.15, 0.2) is 18.2 Å². The van der Waals surface area contributed by atoms with Gasteiger partial charge in [0, 0.05) is 39.0 Å². The molecule has 8 nitrogen and oxygen atoms in total. The van der Waals surface area contributed by atoms with Gasteiger partial charge in [0.1, 0.15) is 11.9 Å². The molecular formula is C20H25FN4O4. The zero-order valence-corrected chi connectivity index (χ0v) is 16.4. The van der Waals surface area contributed by atoms with Gasteiger partial charge >= 0.3 is 6.09 Å². The van der Waals surface area contributed by atoms with Crippen molar-refractivity contribution in [1.29, 1.82) is 0 Å². The molecule has 29 heavy (non-hydrogen) atoms. The Balaban J connectivity index is 1.37. The van der Waals surface area contributed by atoms with Gasteiger partial charge in [-0.2, -0.15) is 0 Å². The summed E-state index contributed by atoms with van der Waals surface area (Å²) in [7, 11) is 0. The Bertz CT molecular complexity index is 821. The van der Waals surface area contributed by atoms with Crippen LogP contribution in [0.5, 0.6) is 0 Å². The van der Waals surface area contributed by atoms with Crippen molar-refractivity contribution in [2.24, 2.45) is 5.92 Å². The third kappa shape index (κ3) is 4.28. The van der Waals surface area contributed by atoms with E-state index in [1.807, 2.05) is 9.80 Å². The summed E-state index contributed by atoms with van der Waals surface area (Å²) in [5.74, 6) is -0.189. The molecule has 1 N–H and O–H groups in total. The third-order valence-electron chi connectivity index (χ3n) is 5.55. The van der Waals surface area contributed by atoms with E-state index in [9.17, 15) is 18.8 Å². The van der Waals surface area contributed by atoms with Crippen molar-refractivity contribution < 1.29 is 23.5 Å². The van der Waals surface area contributed by atoms with Crippen molar-refractivity contribution in [3.8, 4) is 0 Å². The van der Waals surface area contributed by atoms with Gasteiger partial charge in [-0.05, 0) is 31.0 Å². The summed E-state index contributed by atoms with van der Waals surface area (Å²) in [4.78, 5) is 40.5. The van der Waals surface area contributed by atoms with Crippen molar-refractivity contribution in [3.63, 3.8) is 0 Å². The van der Waals surface area contributed by atoms with Gasteiger partial charge in [0.25, 0.3) is 0 Å². The molecule has 4 rings (SSSR count). The van der Waals surface area contributed by atoms with E-state index in [0.29, 0.717) is 37.6 Å². The number of hydrogen-bond donors (Lipinski definition) is 1. The topological polar surface area (TPSA) is 82.2 Å². The summed E-state index contributed by atoms with van der Waals surface area (Å²) in [6.45, 7) is 4.23. The first-order chi connectivity index (χ1) is 13.9. The van der Waals surface area contributed by atoms with Crippen LogP contribution < -0.4 is 15.1 Å². The average Bonchev–Trinajstić information content (AvgIpc) is 3.48. The Morgan fingerprint density at radius 2 is 1.93 bits per heavy atom. The summed E-state index contributed by atoms with van der Waals surface area (Å²) >= 11 is 0. The standard InChI is InChI=1S/C20H25FN4O4/c1-13(26)22-11-16-12-25(20(28)29-16)15-4-5-18(17(21)10-15)23-6-8-24(9-7-23)19(27)14-2-3-14/h4-5,10,14,16H,2-3,6-9,11-12H2,1H3,(H,22,26). The highest BCUT2D eigenvalue weighted by atomic mass is 19.1. The van der Waals surface area contributed by atoms with Crippen LogP contribution in [0.4, 0.5) is 20.6 Å². The van der Waals surface area contributed by atoms with E-state index in [0.717, 1.165) is 12.8 Å². The first kappa shape index (κ1) is 19.5. The van der Waals surface area contributed by atoms with Gasteiger partial charge in [0.15, 0.2) is 0 Å². The molecule has 1 aromatic carbocycles. The lowest BCUT2D eigenvalue weighted by Gasteiger charge is -2.36. The van der Waals surface area contributed by atoms with E-state index in [2.05, 4.69) is 5.32 Å². The van der Waals surface area contributed by atoms with Gasteiger partial charge in [-0.25, -0.2) is 9.18 Å². The van der Waals surface area contributed by atoms with Gasteiger partial charge in [0.05, 0.1) is 24.5 Å². The first-order valence-corrected chi connectivity index (χ1v) is 9.98. The van der Waals surface area contributed by atoms with Gasteiger partial charge < -0.3 is 19.9 Å². The molecule has 1 atom stereocenters. The summed E-state index contributed by atoms with van der Waals surface area (Å²) in [5.41, 5.74) is 0.888. The molecule has 3 aliphatic rings. The molecule has 156 valence electrons. The predicted octanol–water partition coefficient (Wildman–Crippen LogP) is 1.35. The highest BCUT2D eigenvalue weighted by Crippen LogP contribution is 2.32. The fourth-order valence-corrected chi connectivity index (χ4v) is 3.77. The quantitative estimate of drug-likeness (QED) is 0.801. The molecule has 9 heteroatoms. The monoisotopic (exact) mass is 404 g/mol. The summed E-state index contributed by atoms with van der Waals surface area (Å²) in [6, 6.07) is 4.69. The number of carbonyl (C=O) groups is 3. The lowest BCUT2D eigenvalue weighted by atomic mass is 10.2. The molecule has 2 heterocycles. The Hall–Kier alpha value is -2.84. The lowest BCUT2D eigenvalue weighted by Crippen LogP contribution is -2.49. The number of anilines is 2. The number of benzene rings is 1. The van der Waals surface area contributed by atoms with Crippen molar-refractivity contribution in [2.45, 2.75) is 25.9 Å². The number of nitrogens with one attached hydrogen (secondary N) is 1. The number of carbonyl (C=O) groups excluding carboxylic acids is 3. The second-order valence-electron chi connectivity index (χ2n) is 7.78. The SMILES string of the molecule is CC(=O)NCC1CN(c2ccc(N3CCN(C(=O)C4CC4)CC3)c(F)c2)C(=O)O1. The van der Waals surface area contributed by atoms with E-state index in [4.69, 9.17) is 4.74 Å². The van der Waals surface area contributed by atoms with Crippen LogP contribution in [0.25, 0.3) is 0 Å². The van der Waals surface area contributed by atoms with Crippen LogP contribution in [0, 0.1) is 11.7 Å². The molecule has 1 unspecified atom stereocenters. The van der Waals surface area contributed by atoms with Crippen LogP contribution in [-0.2, 0) is 14.3 Å². The molecule has 2 saturated heterocycles. The van der Waals surface area contributed by atoms with Gasteiger partial charge in [0.2, 0.25) is 11.8 Å². The van der Waals surface area contributed by atoms with Crippen LogP contribution in [0.2, 0.25) is 0 Å². The van der Waals surface area contributed by atoms with Gasteiger partial charge in [-0.1, -0.05) is 0 Å². The highest BCUT2D eigenvalue weighted by Gasteiger charge is 2.35. The Morgan fingerprint density at radius 3 is 2.55 bits per heavy atom. The molecule has 2 aliphatic heterocycles. The summed E-state index contributed by atoms with van der Waals surface area (Å²) < 4.78 is 20.0. The second kappa shape index (κ2) is 7.88. The number of cyclic esters (lactones) is 1. The van der Waals surface area contributed by atoms with Crippen LogP contribution in [-0.4, -0.2) is 68.2 Å². The van der Waals surface area contributed by atoms with E-state index < -0.39 is 18.0 Å². The molecule has 3 amide bonds. The van der Waals surface area contributed by atoms with Crippen molar-refractivity contribution in [1.82, 2.24) is 10.2 Å². The smallest absolute Gasteiger partial charge is 0.414 e. The Labute approximate surface area is 168 Å². The molecule has 1 aromatic rings. The Morgan fingerprint density at radius 1 is 1.21 bits per heavy atom. The number of halogens is 1. The number of ether oxygens (including phenoxy) is 1. The zero-order chi connectivity index (χ0) is 20.5. The molecule has 0 aromatic heterocycles. The van der Waals surface area contributed by atoms with Crippen molar-refractivity contribution >= 4 is 29.3 Å². The molecule has 0 radical (unpaired) electrons. The molecular weight excluding hydrogens is 379 g/mol. The minimum atomic E-state index is -0.556. The highest BCUT2D eigenvalue weighted by molar-refractivity contribution is 5.90. The number of piperazine rings is 1. The minimum Gasteiger partial charge on any atom is -0.442 e. The third-order valence-corrected chi connectivity index (χ3v) is 5.55. The lowest BCUT2D eigenvalue weighted by molar-refractivity contribution is -0.132. The van der Waals surface area contributed by atoms with Gasteiger partial charge in [-0.3, -0.25) is 14.5 Å². The maximum atomic E-state index is 14.8. The predicted molar refractivity (Wildman–Crippen MR) is 104 cm³/mol. The summed E-state index contributed by atoms with van der Waals surface area (Å²) in [6.07, 6.45) is 0.949. The molecule has 3 fully saturated rings. The normalized spacial score (nSPS) is 21.9. The van der Waals surface area contributed by atoms with Crippen LogP contribution in [0.1, 0.15) is 19.8 Å². The first-order valence-electron chi connectivity index (χ1n) is 9.98. The molecule has 0 spiro atoms. The molecule has 1 aliphatic carbocycles. The number of hydrogen-bond acceptors (Lipinski definition) is 5. The van der Waals surface area contributed by atoms with E-state index in [1.165, 1.54) is 17.9 Å². The van der Waals surface area contributed by atoms with Gasteiger partial charge in [-0.15, -0.1) is 0 Å². The van der Waals surface area contributed by atoms with E-state index >= 15 is 0 Å². The van der Waals surface area contributed by atoms with Crippen LogP contribution >= 0.6 is 0 Å². The number of amides is 3. The fourth-order valence-electron chi connectivity index (χ4n) is 3.77. The molecule has 0 bridgehead atoms. The van der Waals surface area contributed by atoms with Crippen molar-refractivity contribution in [2.75, 3.05) is 49.1 Å². The van der Waals surface area contributed by atoms with E-state index in [-0.39, 0.29) is 30.8 Å². The number of rotatable bonds is 5. The fraction of sp³-hybridized carbons (Fsp3) is 0.550. The maximum absolute atomic E-state index is 14.8. The Kier molecular flexibility index (Phi) is 5.29. The number of nitrogens with zero attached hydrogens (tertiary/aromatic N) is 3. The molecule has 1 saturated carbocycles. The van der Waals surface area contributed by atoms with Crippen molar-refractivity contribution in [3.05, 3.63) is 24.0 Å².